The van der Waals surface area contributed by atoms with E-state index >= 15 is 0 Å². The van der Waals surface area contributed by atoms with Gasteiger partial charge in [-0.15, -0.1) is 0 Å². The maximum atomic E-state index is 13.1. The van der Waals surface area contributed by atoms with Crippen molar-refractivity contribution in [1.82, 2.24) is 9.55 Å². The quantitative estimate of drug-likeness (QED) is 0.559. The molecule has 0 amide bonds. The second-order valence-electron chi connectivity index (χ2n) is 3.87. The van der Waals surface area contributed by atoms with E-state index in [2.05, 4.69) is 6.58 Å². The van der Waals surface area contributed by atoms with Gasteiger partial charge in [0, 0.05) is 5.57 Å². The van der Waals surface area contributed by atoms with E-state index < -0.39 is 42.1 Å². The molecule has 18 heavy (non-hydrogen) atoms. The predicted octanol–water partition coefficient (Wildman–Crippen LogP) is -1.52. The van der Waals surface area contributed by atoms with Crippen LogP contribution in [0.3, 0.4) is 0 Å². The zero-order chi connectivity index (χ0) is 13.4. The molecule has 1 unspecified atom stereocenters. The zero-order valence-corrected chi connectivity index (χ0v) is 9.17. The lowest BCUT2D eigenvalue weighted by Gasteiger charge is -2.14. The fourth-order valence-corrected chi connectivity index (χ4v) is 1.73. The number of H-pyrrole nitrogens is 1. The summed E-state index contributed by atoms with van der Waals surface area (Å²) in [6, 6.07) is 0. The van der Waals surface area contributed by atoms with Crippen LogP contribution < -0.4 is 11.2 Å². The first kappa shape index (κ1) is 12.7. The number of nitrogens with zero attached hydrogens (tertiary/aromatic N) is 1. The zero-order valence-electron chi connectivity index (χ0n) is 9.17. The van der Waals surface area contributed by atoms with Gasteiger partial charge in [-0.1, -0.05) is 6.58 Å². The molecule has 1 aromatic heterocycles. The third-order valence-electron chi connectivity index (χ3n) is 2.71. The van der Waals surface area contributed by atoms with Crippen molar-refractivity contribution in [2.24, 2.45) is 0 Å². The van der Waals surface area contributed by atoms with Gasteiger partial charge in [0.15, 0.2) is 6.23 Å². The second kappa shape index (κ2) is 4.48. The minimum absolute atomic E-state index is 0.0996. The third kappa shape index (κ3) is 1.90. The van der Waals surface area contributed by atoms with E-state index in [9.17, 15) is 19.1 Å². The molecule has 3 N–H and O–H groups in total. The lowest BCUT2D eigenvalue weighted by molar-refractivity contribution is -0.0450. The van der Waals surface area contributed by atoms with Crippen molar-refractivity contribution in [2.75, 3.05) is 6.61 Å². The highest BCUT2D eigenvalue weighted by Crippen LogP contribution is 2.31. The summed E-state index contributed by atoms with van der Waals surface area (Å²) in [4.78, 5) is 24.1. The van der Waals surface area contributed by atoms with E-state index in [1.165, 1.54) is 0 Å². The molecular formula is C10H11FN2O5. The number of hydrogen-bond donors (Lipinski definition) is 3. The van der Waals surface area contributed by atoms with Crippen LogP contribution in [-0.2, 0) is 4.74 Å². The number of aliphatic hydroxyl groups excluding tert-OH is 2. The molecule has 0 radical (unpaired) electrons. The number of aromatic amines is 1. The Labute approximate surface area is 99.8 Å². The molecule has 1 saturated heterocycles. The van der Waals surface area contributed by atoms with E-state index in [0.29, 0.717) is 6.20 Å². The molecule has 1 aliphatic heterocycles. The fourth-order valence-electron chi connectivity index (χ4n) is 1.73. The largest absolute Gasteiger partial charge is 0.394 e. The first-order valence-electron chi connectivity index (χ1n) is 5.09. The van der Waals surface area contributed by atoms with Crippen molar-refractivity contribution in [3.8, 4) is 0 Å². The Kier molecular flexibility index (Phi) is 3.16. The van der Waals surface area contributed by atoms with Gasteiger partial charge in [-0.3, -0.25) is 14.3 Å². The third-order valence-corrected chi connectivity index (χ3v) is 2.71. The number of aromatic nitrogens is 2. The van der Waals surface area contributed by atoms with Crippen LogP contribution in [0.2, 0.25) is 0 Å². The molecule has 0 aliphatic carbocycles. The van der Waals surface area contributed by atoms with E-state index in [1.54, 1.807) is 4.98 Å². The Morgan fingerprint density at radius 3 is 2.78 bits per heavy atom. The molecule has 1 aliphatic rings. The van der Waals surface area contributed by atoms with Gasteiger partial charge in [0.25, 0.3) is 5.56 Å². The topological polar surface area (TPSA) is 105 Å². The van der Waals surface area contributed by atoms with Crippen molar-refractivity contribution >= 4 is 0 Å². The van der Waals surface area contributed by atoms with Crippen molar-refractivity contribution < 1.29 is 19.3 Å². The summed E-state index contributed by atoms with van der Waals surface area (Å²) in [5.74, 6) is -1.16. The number of ether oxygens (including phenoxy) is 1. The Morgan fingerprint density at radius 1 is 1.56 bits per heavy atom. The Morgan fingerprint density at radius 2 is 2.22 bits per heavy atom. The van der Waals surface area contributed by atoms with E-state index in [4.69, 9.17) is 9.84 Å². The molecule has 98 valence electrons. The standard InChI is InChI=1S/C10H11FN2O5/c1-4-7(15)6(3-14)18-9(4)13-2-5(11)8(16)12-10(13)17/h2,6-7,9,14-15H,1,3H2,(H,12,16,17)/t6-,7-,9?/m1/s1. The minimum atomic E-state index is -1.16. The minimum Gasteiger partial charge on any atom is -0.394 e. The van der Waals surface area contributed by atoms with Gasteiger partial charge in [-0.2, -0.15) is 4.39 Å². The van der Waals surface area contributed by atoms with Crippen molar-refractivity contribution in [2.45, 2.75) is 18.4 Å². The van der Waals surface area contributed by atoms with Gasteiger partial charge in [-0.05, 0) is 0 Å². The number of nitrogens with one attached hydrogen (secondary N) is 1. The van der Waals surface area contributed by atoms with Crippen LogP contribution >= 0.6 is 0 Å². The van der Waals surface area contributed by atoms with Gasteiger partial charge in [0.1, 0.15) is 12.2 Å². The smallest absolute Gasteiger partial charge is 0.330 e. The summed E-state index contributed by atoms with van der Waals surface area (Å²) >= 11 is 0. The Hall–Kier alpha value is -1.77. The predicted molar refractivity (Wildman–Crippen MR) is 57.4 cm³/mol. The number of aliphatic hydroxyl groups is 2. The first-order valence-corrected chi connectivity index (χ1v) is 5.09. The number of hydrogen-bond acceptors (Lipinski definition) is 5. The summed E-state index contributed by atoms with van der Waals surface area (Å²) in [6.45, 7) is 3.05. The highest BCUT2D eigenvalue weighted by molar-refractivity contribution is 5.15. The summed E-state index contributed by atoms with van der Waals surface area (Å²) in [5.41, 5.74) is -1.93. The van der Waals surface area contributed by atoms with Crippen LogP contribution in [0.4, 0.5) is 4.39 Å². The number of halogens is 1. The van der Waals surface area contributed by atoms with Gasteiger partial charge in [0.2, 0.25) is 5.82 Å². The average molecular weight is 258 g/mol. The van der Waals surface area contributed by atoms with Crippen LogP contribution in [-0.4, -0.2) is 38.6 Å². The molecule has 1 aromatic rings. The molecule has 3 atom stereocenters. The lowest BCUT2D eigenvalue weighted by atomic mass is 10.1. The molecule has 8 heteroatoms. The Balaban J connectivity index is 2.45. The molecule has 1 fully saturated rings. The maximum absolute atomic E-state index is 13.1. The first-order chi connectivity index (χ1) is 8.45. The molecule has 0 saturated carbocycles. The van der Waals surface area contributed by atoms with Gasteiger partial charge >= 0.3 is 5.69 Å². The van der Waals surface area contributed by atoms with Gasteiger partial charge in [0.05, 0.1) is 12.8 Å². The van der Waals surface area contributed by atoms with Crippen LogP contribution in [0.5, 0.6) is 0 Å². The van der Waals surface area contributed by atoms with Crippen LogP contribution in [0.1, 0.15) is 6.23 Å². The lowest BCUT2D eigenvalue weighted by Crippen LogP contribution is -2.34. The molecule has 7 nitrogen and oxygen atoms in total. The van der Waals surface area contributed by atoms with Crippen molar-refractivity contribution in [3.05, 3.63) is 45.0 Å². The monoisotopic (exact) mass is 258 g/mol. The van der Waals surface area contributed by atoms with E-state index in [0.717, 1.165) is 4.57 Å². The van der Waals surface area contributed by atoms with Crippen LogP contribution in [0, 0.1) is 5.82 Å². The molecule has 0 bridgehead atoms. The number of rotatable bonds is 2. The maximum Gasteiger partial charge on any atom is 0.330 e. The average Bonchev–Trinajstić information content (AvgIpc) is 2.61. The van der Waals surface area contributed by atoms with Crippen molar-refractivity contribution in [1.29, 1.82) is 0 Å². The molecule has 0 spiro atoms. The Bertz CT molecular complexity index is 593. The SMILES string of the molecule is C=C1C(n2cc(F)c(=O)[nH]c2=O)O[C@H](CO)[C@@H]1O. The van der Waals surface area contributed by atoms with E-state index in [1.807, 2.05) is 0 Å². The summed E-state index contributed by atoms with van der Waals surface area (Å²) in [7, 11) is 0. The van der Waals surface area contributed by atoms with Gasteiger partial charge in [-0.25, -0.2) is 4.79 Å². The van der Waals surface area contributed by atoms with Crippen LogP contribution in [0.15, 0.2) is 27.9 Å². The molecular weight excluding hydrogens is 247 g/mol. The van der Waals surface area contributed by atoms with E-state index in [-0.39, 0.29) is 5.57 Å². The summed E-state index contributed by atoms with van der Waals surface area (Å²) < 4.78 is 19.0. The molecule has 2 rings (SSSR count). The van der Waals surface area contributed by atoms with Crippen molar-refractivity contribution in [3.63, 3.8) is 0 Å². The molecule has 0 aromatic carbocycles. The van der Waals surface area contributed by atoms with Gasteiger partial charge < -0.3 is 14.9 Å². The second-order valence-corrected chi connectivity index (χ2v) is 3.87. The van der Waals surface area contributed by atoms with Crippen LogP contribution in [0.25, 0.3) is 0 Å². The summed E-state index contributed by atoms with van der Waals surface area (Å²) in [6.07, 6.45) is -2.56. The highest BCUT2D eigenvalue weighted by Gasteiger charge is 2.38. The fraction of sp³-hybridized carbons (Fsp3) is 0.400. The highest BCUT2D eigenvalue weighted by atomic mass is 19.1. The normalized spacial score (nSPS) is 27.7. The molecule has 2 heterocycles. The summed E-state index contributed by atoms with van der Waals surface area (Å²) in [5, 5.41) is 18.6.